The summed E-state index contributed by atoms with van der Waals surface area (Å²) in [4.78, 5) is 0. The van der Waals surface area contributed by atoms with E-state index < -0.39 is 0 Å². The molecule has 1 aliphatic rings. The summed E-state index contributed by atoms with van der Waals surface area (Å²) >= 11 is 8.76. The molecule has 1 saturated carbocycles. The van der Waals surface area contributed by atoms with Gasteiger partial charge < -0.3 is 10.6 Å². The molecule has 84 valence electrons. The van der Waals surface area contributed by atoms with Gasteiger partial charge in [0.1, 0.15) is 0 Å². The van der Waals surface area contributed by atoms with E-state index in [1.807, 2.05) is 0 Å². The Morgan fingerprint density at radius 1 is 1.33 bits per heavy atom. The predicted octanol–water partition coefficient (Wildman–Crippen LogP) is 3.11. The van der Waals surface area contributed by atoms with Gasteiger partial charge in [0.15, 0.2) is 0 Å². The van der Waals surface area contributed by atoms with Crippen LogP contribution in [0, 0.1) is 0 Å². The zero-order valence-electron chi connectivity index (χ0n) is 8.35. The zero-order chi connectivity index (χ0) is 10.7. The molecule has 1 fully saturated rings. The van der Waals surface area contributed by atoms with Gasteiger partial charge in [-0.3, -0.25) is 0 Å². The summed E-state index contributed by atoms with van der Waals surface area (Å²) in [5.41, 5.74) is 1.33. The van der Waals surface area contributed by atoms with Gasteiger partial charge in [0, 0.05) is 25.7 Å². The molecule has 2 rings (SSSR count). The van der Waals surface area contributed by atoms with E-state index in [2.05, 4.69) is 48.6 Å². The first-order chi connectivity index (χ1) is 7.25. The average Bonchev–Trinajstić information content (AvgIpc) is 2.94. The third-order valence-electron chi connectivity index (χ3n) is 2.35. The second kappa shape index (κ2) is 5.77. The Kier molecular flexibility index (Phi) is 4.64. The van der Waals surface area contributed by atoms with Gasteiger partial charge in [-0.25, -0.2) is 0 Å². The minimum absolute atomic E-state index is 0.814. The molecule has 0 saturated heterocycles. The summed E-state index contributed by atoms with van der Waals surface area (Å²) in [7, 11) is 0. The smallest absolute Gasteiger partial charge is 0.0755 e. The van der Waals surface area contributed by atoms with Crippen molar-refractivity contribution < 1.29 is 0 Å². The fourth-order valence-corrected chi connectivity index (χ4v) is 4.20. The molecule has 5 heteroatoms. The zero-order valence-corrected chi connectivity index (χ0v) is 12.3. The van der Waals surface area contributed by atoms with Gasteiger partial charge in [0.2, 0.25) is 0 Å². The van der Waals surface area contributed by atoms with Crippen molar-refractivity contribution in [3.63, 3.8) is 0 Å². The Morgan fingerprint density at radius 3 is 2.73 bits per heavy atom. The summed E-state index contributed by atoms with van der Waals surface area (Å²) in [5, 5.41) is 6.91. The summed E-state index contributed by atoms with van der Waals surface area (Å²) in [5.74, 6) is 0. The van der Waals surface area contributed by atoms with Gasteiger partial charge in [0.25, 0.3) is 0 Å². The minimum Gasteiger partial charge on any atom is -0.313 e. The van der Waals surface area contributed by atoms with E-state index in [9.17, 15) is 0 Å². The SMILES string of the molecule is Brc1cc(CNCCNC2CC2)c(Br)s1. The lowest BCUT2D eigenvalue weighted by Crippen LogP contribution is -2.28. The van der Waals surface area contributed by atoms with E-state index >= 15 is 0 Å². The first-order valence-corrected chi connectivity index (χ1v) is 7.54. The van der Waals surface area contributed by atoms with Gasteiger partial charge in [0.05, 0.1) is 7.57 Å². The van der Waals surface area contributed by atoms with Crippen LogP contribution in [-0.2, 0) is 6.54 Å². The summed E-state index contributed by atoms with van der Waals surface area (Å²) < 4.78 is 2.40. The maximum atomic E-state index is 3.55. The Morgan fingerprint density at radius 2 is 2.13 bits per heavy atom. The molecular weight excluding hydrogens is 340 g/mol. The van der Waals surface area contributed by atoms with E-state index in [0.717, 1.165) is 25.7 Å². The van der Waals surface area contributed by atoms with Crippen LogP contribution in [-0.4, -0.2) is 19.1 Å². The number of thiophene rings is 1. The van der Waals surface area contributed by atoms with Crippen molar-refractivity contribution in [2.24, 2.45) is 0 Å². The van der Waals surface area contributed by atoms with Crippen molar-refractivity contribution >= 4 is 43.2 Å². The number of halogens is 2. The first-order valence-electron chi connectivity index (χ1n) is 5.13. The molecule has 0 atom stereocenters. The summed E-state index contributed by atoms with van der Waals surface area (Å²) in [6, 6.07) is 2.98. The van der Waals surface area contributed by atoms with Crippen LogP contribution in [0.25, 0.3) is 0 Å². The van der Waals surface area contributed by atoms with Crippen LogP contribution in [0.2, 0.25) is 0 Å². The predicted molar refractivity (Wildman–Crippen MR) is 72.5 cm³/mol. The molecule has 0 radical (unpaired) electrons. The van der Waals surface area contributed by atoms with Crippen LogP contribution < -0.4 is 10.6 Å². The molecule has 1 aliphatic carbocycles. The first kappa shape index (κ1) is 12.0. The Bertz CT molecular complexity index is 323. The maximum absolute atomic E-state index is 3.55. The van der Waals surface area contributed by atoms with Crippen molar-refractivity contribution in [1.82, 2.24) is 10.6 Å². The Labute approximate surface area is 111 Å². The standard InChI is InChI=1S/C10H14Br2N2S/c11-9-5-7(10(12)15-9)6-13-3-4-14-8-1-2-8/h5,8,13-14H,1-4,6H2. The number of rotatable bonds is 6. The topological polar surface area (TPSA) is 24.1 Å². The molecular formula is C10H14Br2N2S. The normalized spacial score (nSPS) is 15.9. The molecule has 2 N–H and O–H groups in total. The Hall–Kier alpha value is 0.580. The molecule has 0 aromatic carbocycles. The van der Waals surface area contributed by atoms with E-state index in [0.29, 0.717) is 0 Å². The second-order valence-electron chi connectivity index (χ2n) is 3.75. The average molecular weight is 354 g/mol. The molecule has 15 heavy (non-hydrogen) atoms. The quantitative estimate of drug-likeness (QED) is 0.768. The summed E-state index contributed by atoms with van der Waals surface area (Å²) in [6.45, 7) is 3.05. The van der Waals surface area contributed by atoms with Crippen molar-refractivity contribution in [1.29, 1.82) is 0 Å². The lowest BCUT2D eigenvalue weighted by Gasteiger charge is -2.04. The highest BCUT2D eigenvalue weighted by atomic mass is 79.9. The van der Waals surface area contributed by atoms with E-state index in [1.54, 1.807) is 11.3 Å². The van der Waals surface area contributed by atoms with Gasteiger partial charge in [-0.1, -0.05) is 0 Å². The van der Waals surface area contributed by atoms with E-state index in [4.69, 9.17) is 0 Å². The minimum atomic E-state index is 0.814. The van der Waals surface area contributed by atoms with Crippen LogP contribution >= 0.6 is 43.2 Å². The lowest BCUT2D eigenvalue weighted by molar-refractivity contribution is 0.608. The summed E-state index contributed by atoms with van der Waals surface area (Å²) in [6.07, 6.45) is 2.73. The van der Waals surface area contributed by atoms with Crippen LogP contribution in [0.15, 0.2) is 13.6 Å². The molecule has 0 amide bonds. The van der Waals surface area contributed by atoms with Gasteiger partial charge in [-0.05, 0) is 56.3 Å². The number of hydrogen-bond acceptors (Lipinski definition) is 3. The largest absolute Gasteiger partial charge is 0.313 e. The second-order valence-corrected chi connectivity index (χ2v) is 7.50. The van der Waals surface area contributed by atoms with Crippen LogP contribution in [0.4, 0.5) is 0 Å². The van der Waals surface area contributed by atoms with Gasteiger partial charge >= 0.3 is 0 Å². The van der Waals surface area contributed by atoms with Crippen molar-refractivity contribution in [3.8, 4) is 0 Å². The number of hydrogen-bond donors (Lipinski definition) is 2. The third-order valence-corrected chi connectivity index (χ3v) is 4.82. The van der Waals surface area contributed by atoms with Crippen LogP contribution in [0.5, 0.6) is 0 Å². The number of nitrogens with one attached hydrogen (secondary N) is 2. The van der Waals surface area contributed by atoms with E-state index in [-0.39, 0.29) is 0 Å². The highest BCUT2D eigenvalue weighted by molar-refractivity contribution is 9.12. The molecule has 1 aromatic heterocycles. The molecule has 1 heterocycles. The molecule has 0 aliphatic heterocycles. The maximum Gasteiger partial charge on any atom is 0.0755 e. The monoisotopic (exact) mass is 352 g/mol. The van der Waals surface area contributed by atoms with Gasteiger partial charge in [-0.15, -0.1) is 11.3 Å². The van der Waals surface area contributed by atoms with Crippen molar-refractivity contribution in [3.05, 3.63) is 19.2 Å². The molecule has 2 nitrogen and oxygen atoms in total. The lowest BCUT2D eigenvalue weighted by atomic mass is 10.3. The van der Waals surface area contributed by atoms with Gasteiger partial charge in [-0.2, -0.15) is 0 Å². The van der Waals surface area contributed by atoms with Crippen LogP contribution in [0.1, 0.15) is 18.4 Å². The molecule has 0 unspecified atom stereocenters. The fourth-order valence-electron chi connectivity index (χ4n) is 1.37. The van der Waals surface area contributed by atoms with Crippen molar-refractivity contribution in [2.75, 3.05) is 13.1 Å². The Balaban J connectivity index is 1.62. The fraction of sp³-hybridized carbons (Fsp3) is 0.600. The highest BCUT2D eigenvalue weighted by Gasteiger charge is 2.19. The molecule has 1 aromatic rings. The highest BCUT2D eigenvalue weighted by Crippen LogP contribution is 2.31. The van der Waals surface area contributed by atoms with E-state index in [1.165, 1.54) is 26.0 Å². The van der Waals surface area contributed by atoms with Crippen molar-refractivity contribution in [2.45, 2.75) is 25.4 Å². The third kappa shape index (κ3) is 4.15. The molecule has 0 bridgehead atoms. The molecule has 0 spiro atoms. The van der Waals surface area contributed by atoms with Crippen LogP contribution in [0.3, 0.4) is 0 Å².